The Kier molecular flexibility index (Phi) is 7.10. The fourth-order valence-corrected chi connectivity index (χ4v) is 2.98. The van der Waals surface area contributed by atoms with Crippen molar-refractivity contribution in [2.45, 2.75) is 59.2 Å². The third kappa shape index (κ3) is 5.57. The van der Waals surface area contributed by atoms with E-state index in [1.807, 2.05) is 13.8 Å². The lowest BCUT2D eigenvalue weighted by molar-refractivity contribution is -0.152. The van der Waals surface area contributed by atoms with Gasteiger partial charge in [0, 0.05) is 44.8 Å². The minimum absolute atomic E-state index is 0.148. The van der Waals surface area contributed by atoms with E-state index in [1.54, 1.807) is 0 Å². The molecule has 0 aliphatic carbocycles. The number of nitrogens with one attached hydrogen (secondary N) is 1. The summed E-state index contributed by atoms with van der Waals surface area (Å²) in [5.74, 6) is -0.148. The maximum absolute atomic E-state index is 12.3. The van der Waals surface area contributed by atoms with Crippen LogP contribution >= 0.6 is 0 Å². The Morgan fingerprint density at radius 1 is 1.19 bits per heavy atom. The van der Waals surface area contributed by atoms with Gasteiger partial charge < -0.3 is 4.74 Å². The molecule has 1 unspecified atom stereocenters. The van der Waals surface area contributed by atoms with Gasteiger partial charge in [0.05, 0.1) is 6.61 Å². The molecule has 21 heavy (non-hydrogen) atoms. The molecule has 1 aliphatic heterocycles. The molecule has 0 saturated carbocycles. The Morgan fingerprint density at radius 3 is 2.19 bits per heavy atom. The van der Waals surface area contributed by atoms with Crippen molar-refractivity contribution in [2.75, 3.05) is 39.3 Å². The van der Waals surface area contributed by atoms with Crippen LogP contribution in [0, 0.1) is 0 Å². The molecule has 0 aromatic carbocycles. The minimum Gasteiger partial charge on any atom is -0.465 e. The van der Waals surface area contributed by atoms with Crippen LogP contribution in [0.4, 0.5) is 0 Å². The third-order valence-corrected chi connectivity index (χ3v) is 4.01. The van der Waals surface area contributed by atoms with E-state index >= 15 is 0 Å². The molecule has 0 amide bonds. The van der Waals surface area contributed by atoms with E-state index in [9.17, 15) is 4.79 Å². The monoisotopic (exact) mass is 299 g/mol. The second kappa shape index (κ2) is 8.11. The van der Waals surface area contributed by atoms with Crippen molar-refractivity contribution < 1.29 is 9.53 Å². The smallest absolute Gasteiger partial charge is 0.327 e. The van der Waals surface area contributed by atoms with Crippen LogP contribution < -0.4 is 5.32 Å². The first-order chi connectivity index (χ1) is 9.78. The van der Waals surface area contributed by atoms with E-state index in [2.05, 4.69) is 42.8 Å². The Morgan fingerprint density at radius 2 is 1.76 bits per heavy atom. The number of rotatable bonds is 7. The number of carbonyl (C=O) groups excluding carboxylic acids is 1. The molecule has 1 fully saturated rings. The first-order valence-electron chi connectivity index (χ1n) is 8.19. The fraction of sp³-hybridized carbons (Fsp3) is 0.938. The van der Waals surface area contributed by atoms with Crippen molar-refractivity contribution in [3.8, 4) is 0 Å². The van der Waals surface area contributed by atoms with E-state index in [1.165, 1.54) is 0 Å². The zero-order valence-corrected chi connectivity index (χ0v) is 14.6. The summed E-state index contributed by atoms with van der Waals surface area (Å²) in [6.07, 6.45) is 0. The predicted molar refractivity (Wildman–Crippen MR) is 86.5 cm³/mol. The van der Waals surface area contributed by atoms with E-state index in [0.29, 0.717) is 19.2 Å². The molecule has 0 spiro atoms. The van der Waals surface area contributed by atoms with Crippen molar-refractivity contribution in [1.82, 2.24) is 15.1 Å². The number of hydrogen-bond donors (Lipinski definition) is 1. The summed E-state index contributed by atoms with van der Waals surface area (Å²) in [6.45, 7) is 17.7. The summed E-state index contributed by atoms with van der Waals surface area (Å²) in [6, 6.07) is 0.841. The van der Waals surface area contributed by atoms with Crippen LogP contribution in [0.2, 0.25) is 0 Å². The van der Waals surface area contributed by atoms with Crippen molar-refractivity contribution in [2.24, 2.45) is 0 Å². The average Bonchev–Trinajstić information content (AvgIpc) is 2.38. The maximum Gasteiger partial charge on any atom is 0.327 e. The molecule has 5 nitrogen and oxygen atoms in total. The fourth-order valence-electron chi connectivity index (χ4n) is 2.98. The molecule has 0 aromatic rings. The van der Waals surface area contributed by atoms with Gasteiger partial charge in [-0.15, -0.1) is 0 Å². The second-order valence-electron chi connectivity index (χ2n) is 6.76. The second-order valence-corrected chi connectivity index (χ2v) is 6.76. The summed E-state index contributed by atoms with van der Waals surface area (Å²) < 4.78 is 5.27. The standard InChI is InChI=1S/C16H33N3O2/c1-7-21-15(20)16(6,17-13(2)3)12-18-8-10-19(11-9-18)14(4)5/h13-14,17H,7-12H2,1-6H3. The Bertz CT molecular complexity index is 325. The zero-order valence-electron chi connectivity index (χ0n) is 14.6. The highest BCUT2D eigenvalue weighted by Crippen LogP contribution is 2.14. The van der Waals surface area contributed by atoms with E-state index in [-0.39, 0.29) is 12.0 Å². The topological polar surface area (TPSA) is 44.8 Å². The number of ether oxygens (including phenoxy) is 1. The van der Waals surface area contributed by atoms with Crippen molar-refractivity contribution in [3.63, 3.8) is 0 Å². The van der Waals surface area contributed by atoms with Crippen LogP contribution in [0.1, 0.15) is 41.5 Å². The molecule has 1 atom stereocenters. The molecule has 0 aromatic heterocycles. The van der Waals surface area contributed by atoms with Crippen LogP contribution in [0.25, 0.3) is 0 Å². The number of esters is 1. The van der Waals surface area contributed by atoms with Gasteiger partial charge >= 0.3 is 5.97 Å². The molecule has 0 radical (unpaired) electrons. The molecule has 1 saturated heterocycles. The van der Waals surface area contributed by atoms with Crippen molar-refractivity contribution in [3.05, 3.63) is 0 Å². The summed E-state index contributed by atoms with van der Waals surface area (Å²) in [5.41, 5.74) is -0.635. The molecule has 1 aliphatic rings. The number of carbonyl (C=O) groups is 1. The van der Waals surface area contributed by atoms with Crippen LogP contribution in [0.5, 0.6) is 0 Å². The molecule has 1 N–H and O–H groups in total. The van der Waals surface area contributed by atoms with Gasteiger partial charge in [-0.05, 0) is 41.5 Å². The number of nitrogens with zero attached hydrogens (tertiary/aromatic N) is 2. The molecule has 1 rings (SSSR count). The van der Waals surface area contributed by atoms with Crippen LogP contribution in [-0.4, -0.2) is 72.7 Å². The summed E-state index contributed by atoms with van der Waals surface area (Å²) in [5, 5.41) is 3.39. The van der Waals surface area contributed by atoms with Gasteiger partial charge in [-0.1, -0.05) is 0 Å². The quantitative estimate of drug-likeness (QED) is 0.719. The zero-order chi connectivity index (χ0) is 16.0. The van der Waals surface area contributed by atoms with E-state index < -0.39 is 5.54 Å². The molecular weight excluding hydrogens is 266 g/mol. The minimum atomic E-state index is -0.635. The van der Waals surface area contributed by atoms with Gasteiger partial charge in [-0.3, -0.25) is 19.9 Å². The number of piperazine rings is 1. The van der Waals surface area contributed by atoms with Gasteiger partial charge in [-0.2, -0.15) is 0 Å². The van der Waals surface area contributed by atoms with Gasteiger partial charge in [-0.25, -0.2) is 0 Å². The third-order valence-electron chi connectivity index (χ3n) is 4.01. The lowest BCUT2D eigenvalue weighted by Gasteiger charge is -2.41. The maximum atomic E-state index is 12.3. The predicted octanol–water partition coefficient (Wildman–Crippen LogP) is 1.33. The molecule has 124 valence electrons. The van der Waals surface area contributed by atoms with Gasteiger partial charge in [0.2, 0.25) is 0 Å². The number of hydrogen-bond acceptors (Lipinski definition) is 5. The van der Waals surface area contributed by atoms with E-state index in [0.717, 1.165) is 26.2 Å². The van der Waals surface area contributed by atoms with Gasteiger partial charge in [0.15, 0.2) is 0 Å². The summed E-state index contributed by atoms with van der Waals surface area (Å²) in [4.78, 5) is 17.2. The van der Waals surface area contributed by atoms with Crippen LogP contribution in [0.15, 0.2) is 0 Å². The first-order valence-corrected chi connectivity index (χ1v) is 8.19. The van der Waals surface area contributed by atoms with Crippen molar-refractivity contribution in [1.29, 1.82) is 0 Å². The Balaban J connectivity index is 2.63. The highest BCUT2D eigenvalue weighted by atomic mass is 16.5. The van der Waals surface area contributed by atoms with E-state index in [4.69, 9.17) is 4.74 Å². The summed E-state index contributed by atoms with van der Waals surface area (Å²) in [7, 11) is 0. The molecule has 1 heterocycles. The average molecular weight is 299 g/mol. The van der Waals surface area contributed by atoms with Crippen molar-refractivity contribution >= 4 is 5.97 Å². The normalized spacial score (nSPS) is 20.8. The van der Waals surface area contributed by atoms with Crippen LogP contribution in [-0.2, 0) is 9.53 Å². The first kappa shape index (κ1) is 18.4. The SMILES string of the molecule is CCOC(=O)C(C)(CN1CCN(C(C)C)CC1)NC(C)C. The molecular formula is C16H33N3O2. The van der Waals surface area contributed by atoms with Crippen LogP contribution in [0.3, 0.4) is 0 Å². The molecule has 5 heteroatoms. The lowest BCUT2D eigenvalue weighted by Crippen LogP contribution is -2.62. The van der Waals surface area contributed by atoms with Gasteiger partial charge in [0.1, 0.15) is 5.54 Å². The largest absolute Gasteiger partial charge is 0.465 e. The molecule has 0 bridgehead atoms. The van der Waals surface area contributed by atoms with Gasteiger partial charge in [0.25, 0.3) is 0 Å². The summed E-state index contributed by atoms with van der Waals surface area (Å²) >= 11 is 0. The lowest BCUT2D eigenvalue weighted by atomic mass is 9.99. The highest BCUT2D eigenvalue weighted by molar-refractivity contribution is 5.80. The Labute approximate surface area is 130 Å². The Hall–Kier alpha value is -0.650. The highest BCUT2D eigenvalue weighted by Gasteiger charge is 2.37.